The van der Waals surface area contributed by atoms with Crippen molar-refractivity contribution in [3.63, 3.8) is 0 Å². The molecule has 2 fully saturated rings. The van der Waals surface area contributed by atoms with Gasteiger partial charge in [-0.25, -0.2) is 0 Å². The van der Waals surface area contributed by atoms with Crippen LogP contribution in [0.25, 0.3) is 0 Å². The second kappa shape index (κ2) is 4.59. The molecule has 2 bridgehead atoms. The molecule has 2 saturated carbocycles. The van der Waals surface area contributed by atoms with Crippen LogP contribution >= 0.6 is 0 Å². The Labute approximate surface area is 109 Å². The molecule has 0 N–H and O–H groups in total. The van der Waals surface area contributed by atoms with Crippen molar-refractivity contribution in [3.8, 4) is 0 Å². The van der Waals surface area contributed by atoms with E-state index >= 15 is 0 Å². The first-order valence-electron chi connectivity index (χ1n) is 7.86. The van der Waals surface area contributed by atoms with E-state index in [0.717, 1.165) is 35.5 Å². The summed E-state index contributed by atoms with van der Waals surface area (Å²) in [6.07, 6.45) is 6.05. The fraction of sp³-hybridized carbons (Fsp3) is 1.00. The van der Waals surface area contributed by atoms with Gasteiger partial charge in [0, 0.05) is 0 Å². The molecule has 0 nitrogen and oxygen atoms in total. The van der Waals surface area contributed by atoms with Crippen molar-refractivity contribution in [3.05, 3.63) is 0 Å². The van der Waals surface area contributed by atoms with Gasteiger partial charge in [0.05, 0.1) is 0 Å². The predicted octanol–water partition coefficient (Wildman–Crippen LogP) is 5.38. The van der Waals surface area contributed by atoms with Crippen LogP contribution in [0.15, 0.2) is 0 Å². The Morgan fingerprint density at radius 2 is 1.65 bits per heavy atom. The summed E-state index contributed by atoms with van der Waals surface area (Å²) >= 11 is 0. The van der Waals surface area contributed by atoms with Crippen LogP contribution in [-0.2, 0) is 0 Å². The van der Waals surface area contributed by atoms with E-state index in [0.29, 0.717) is 5.41 Å². The van der Waals surface area contributed by atoms with E-state index in [1.165, 1.54) is 19.3 Å². The van der Waals surface area contributed by atoms with Crippen molar-refractivity contribution in [2.45, 2.75) is 67.2 Å². The van der Waals surface area contributed by atoms with Crippen molar-refractivity contribution in [2.75, 3.05) is 0 Å². The molecule has 0 aromatic rings. The smallest absolute Gasteiger partial charge is 0.0308 e. The topological polar surface area (TPSA) is 0 Å². The first-order chi connectivity index (χ1) is 7.86. The van der Waals surface area contributed by atoms with Gasteiger partial charge >= 0.3 is 0 Å². The van der Waals surface area contributed by atoms with Crippen LogP contribution < -0.4 is 0 Å². The van der Waals surface area contributed by atoms with Gasteiger partial charge < -0.3 is 0 Å². The zero-order chi connectivity index (χ0) is 12.8. The van der Waals surface area contributed by atoms with Crippen LogP contribution in [0.3, 0.4) is 0 Å². The third kappa shape index (κ3) is 2.29. The lowest BCUT2D eigenvalue weighted by Crippen LogP contribution is -2.39. The molecule has 0 aromatic heterocycles. The van der Waals surface area contributed by atoms with Gasteiger partial charge in [0.2, 0.25) is 0 Å². The van der Waals surface area contributed by atoms with Crippen LogP contribution in [0.1, 0.15) is 67.2 Å². The van der Waals surface area contributed by atoms with Crippen LogP contribution in [0.4, 0.5) is 0 Å². The highest BCUT2D eigenvalue weighted by Crippen LogP contribution is 2.59. The molecule has 5 unspecified atom stereocenters. The Morgan fingerprint density at radius 3 is 2.12 bits per heavy atom. The molecule has 0 radical (unpaired) electrons. The molecule has 0 aliphatic heterocycles. The van der Waals surface area contributed by atoms with Crippen molar-refractivity contribution in [2.24, 2.45) is 40.9 Å². The summed E-state index contributed by atoms with van der Waals surface area (Å²) in [6, 6.07) is 0. The van der Waals surface area contributed by atoms with E-state index in [2.05, 4.69) is 41.5 Å². The standard InChI is InChI=1S/C17H32/c1-7-14-12-8-9-13(10-12)15(14)16(11(2)3)17(4,5)6/h11-16H,7-10H2,1-6H3. The lowest BCUT2D eigenvalue weighted by Gasteiger charge is -2.45. The summed E-state index contributed by atoms with van der Waals surface area (Å²) in [6.45, 7) is 14.7. The Bertz CT molecular complexity index is 258. The molecule has 5 atom stereocenters. The van der Waals surface area contributed by atoms with Gasteiger partial charge in [0.25, 0.3) is 0 Å². The van der Waals surface area contributed by atoms with Gasteiger partial charge in [-0.05, 0) is 60.2 Å². The van der Waals surface area contributed by atoms with Crippen molar-refractivity contribution in [1.29, 1.82) is 0 Å². The van der Waals surface area contributed by atoms with Crippen molar-refractivity contribution < 1.29 is 0 Å². The molecule has 0 amide bonds. The Balaban J connectivity index is 2.24. The zero-order valence-electron chi connectivity index (χ0n) is 12.8. The van der Waals surface area contributed by atoms with Gasteiger partial charge in [-0.15, -0.1) is 0 Å². The molecule has 0 aromatic carbocycles. The van der Waals surface area contributed by atoms with E-state index in [4.69, 9.17) is 0 Å². The lowest BCUT2D eigenvalue weighted by atomic mass is 9.60. The Hall–Kier alpha value is 0. The van der Waals surface area contributed by atoms with Gasteiger partial charge in [-0.1, -0.05) is 48.0 Å². The van der Waals surface area contributed by atoms with Gasteiger partial charge in [0.15, 0.2) is 0 Å². The molecular formula is C17H32. The van der Waals surface area contributed by atoms with Crippen LogP contribution in [0.2, 0.25) is 0 Å². The highest BCUT2D eigenvalue weighted by atomic mass is 14.6. The van der Waals surface area contributed by atoms with E-state index in [9.17, 15) is 0 Å². The fourth-order valence-corrected chi connectivity index (χ4v) is 5.64. The summed E-state index contributed by atoms with van der Waals surface area (Å²) in [4.78, 5) is 0. The summed E-state index contributed by atoms with van der Waals surface area (Å²) in [7, 11) is 0. The highest BCUT2D eigenvalue weighted by molar-refractivity contribution is 5.01. The SMILES string of the molecule is CCC1C2CCC(C2)C1C(C(C)C)C(C)(C)C. The molecular weight excluding hydrogens is 204 g/mol. The lowest BCUT2D eigenvalue weighted by molar-refractivity contribution is 0.0317. The van der Waals surface area contributed by atoms with E-state index in [1.807, 2.05) is 0 Å². The molecule has 2 aliphatic rings. The number of hydrogen-bond acceptors (Lipinski definition) is 0. The average molecular weight is 236 g/mol. The minimum absolute atomic E-state index is 0.483. The third-order valence-corrected chi connectivity index (χ3v) is 5.76. The normalized spacial score (nSPS) is 39.0. The summed E-state index contributed by atoms with van der Waals surface area (Å²) in [5.74, 6) is 5.98. The molecule has 0 heterocycles. The minimum atomic E-state index is 0.483. The van der Waals surface area contributed by atoms with Gasteiger partial charge in [0.1, 0.15) is 0 Å². The molecule has 100 valence electrons. The average Bonchev–Trinajstić information content (AvgIpc) is 2.74. The largest absolute Gasteiger partial charge is 0.0651 e. The first kappa shape index (κ1) is 13.4. The zero-order valence-corrected chi connectivity index (χ0v) is 12.8. The second-order valence-electron chi connectivity index (χ2n) is 8.12. The Morgan fingerprint density at radius 1 is 1.06 bits per heavy atom. The molecule has 17 heavy (non-hydrogen) atoms. The predicted molar refractivity (Wildman–Crippen MR) is 75.9 cm³/mol. The fourth-order valence-electron chi connectivity index (χ4n) is 5.64. The van der Waals surface area contributed by atoms with Crippen LogP contribution in [0, 0.1) is 40.9 Å². The van der Waals surface area contributed by atoms with Crippen molar-refractivity contribution >= 4 is 0 Å². The van der Waals surface area contributed by atoms with E-state index < -0.39 is 0 Å². The first-order valence-corrected chi connectivity index (χ1v) is 7.86. The highest BCUT2D eigenvalue weighted by Gasteiger charge is 2.52. The summed E-state index contributed by atoms with van der Waals surface area (Å²) < 4.78 is 0. The monoisotopic (exact) mass is 236 g/mol. The summed E-state index contributed by atoms with van der Waals surface area (Å²) in [5, 5.41) is 0. The minimum Gasteiger partial charge on any atom is -0.0651 e. The van der Waals surface area contributed by atoms with E-state index in [1.54, 1.807) is 6.42 Å². The number of rotatable bonds is 3. The maximum absolute atomic E-state index is 2.47. The number of fused-ring (bicyclic) bond motifs is 2. The third-order valence-electron chi connectivity index (χ3n) is 5.76. The molecule has 0 spiro atoms. The quantitative estimate of drug-likeness (QED) is 0.617. The maximum Gasteiger partial charge on any atom is -0.0308 e. The van der Waals surface area contributed by atoms with E-state index in [-0.39, 0.29) is 0 Å². The number of hydrogen-bond donors (Lipinski definition) is 0. The molecule has 0 heteroatoms. The second-order valence-corrected chi connectivity index (χ2v) is 8.12. The van der Waals surface area contributed by atoms with Crippen LogP contribution in [-0.4, -0.2) is 0 Å². The molecule has 0 saturated heterocycles. The van der Waals surface area contributed by atoms with Crippen LogP contribution in [0.5, 0.6) is 0 Å². The van der Waals surface area contributed by atoms with Gasteiger partial charge in [-0.2, -0.15) is 0 Å². The summed E-state index contributed by atoms with van der Waals surface area (Å²) in [5.41, 5.74) is 0.483. The van der Waals surface area contributed by atoms with Crippen molar-refractivity contribution in [1.82, 2.24) is 0 Å². The molecule has 2 aliphatic carbocycles. The van der Waals surface area contributed by atoms with Gasteiger partial charge in [-0.3, -0.25) is 0 Å². The maximum atomic E-state index is 2.47. The molecule has 2 rings (SSSR count). The Kier molecular flexibility index (Phi) is 3.63.